The van der Waals surface area contributed by atoms with Crippen LogP contribution in [-0.2, 0) is 120 Å². The van der Waals surface area contributed by atoms with Crippen molar-refractivity contribution in [2.24, 2.45) is 0 Å². The summed E-state index contributed by atoms with van der Waals surface area (Å²) in [6.45, 7) is 40.9. The largest absolute Gasteiger partial charge is 0.651 e. The van der Waals surface area contributed by atoms with Crippen LogP contribution in [0.1, 0.15) is 154 Å². The highest BCUT2D eigenvalue weighted by Crippen LogP contribution is 2.55. The van der Waals surface area contributed by atoms with Crippen molar-refractivity contribution in [1.82, 2.24) is 0 Å². The molecule has 0 radical (unpaired) electrons. The van der Waals surface area contributed by atoms with Crippen molar-refractivity contribution >= 4 is 139 Å². The molecule has 44 heteroatoms. The molecule has 14 saturated heterocycles. The van der Waals surface area contributed by atoms with Crippen molar-refractivity contribution in [1.29, 1.82) is 0 Å². The molecule has 0 N–H and O–H groups in total. The first-order valence-electron chi connectivity index (χ1n) is 41.7. The molecule has 624 valence electrons. The summed E-state index contributed by atoms with van der Waals surface area (Å²) in [5, 5.41) is 0. The molecule has 0 amide bonds. The van der Waals surface area contributed by atoms with Crippen molar-refractivity contribution in [3.05, 3.63) is 0 Å². The van der Waals surface area contributed by atoms with E-state index in [4.69, 9.17) is 120 Å². The van der Waals surface area contributed by atoms with Crippen LogP contribution in [0.25, 0.3) is 0 Å². The molecule has 14 aliphatic heterocycles. The van der Waals surface area contributed by atoms with E-state index in [9.17, 15) is 0 Å². The van der Waals surface area contributed by atoms with Crippen LogP contribution in [-0.4, -0.2) is 241 Å². The van der Waals surface area contributed by atoms with Gasteiger partial charge in [-0.3, -0.25) is 0 Å². The first-order valence-corrected chi connectivity index (χ1v) is 79.7. The van der Waals surface area contributed by atoms with Gasteiger partial charge in [0.05, 0.1) is 102 Å². The third-order valence-corrected chi connectivity index (χ3v) is 84.0. The van der Waals surface area contributed by atoms with E-state index >= 15 is 0 Å². The van der Waals surface area contributed by atoms with Crippen molar-refractivity contribution in [3.63, 3.8) is 0 Å². The van der Waals surface area contributed by atoms with Gasteiger partial charge >= 0.3 is 72.4 Å². The number of ether oxygens (including phenoxy) is 8. The first-order chi connectivity index (χ1) is 50.8. The molecule has 8 bridgehead atoms. The molecule has 0 spiro atoms. The quantitative estimate of drug-likeness (QED) is 0.0310. The maximum Gasteiger partial charge on any atom is 0.651 e. The lowest BCUT2D eigenvalue weighted by Gasteiger charge is -2.61. The first kappa shape index (κ1) is 88.1. The van der Waals surface area contributed by atoms with Gasteiger partial charge in [-0.05, 0) is 204 Å². The molecule has 14 rings (SSSR count). The number of hydrogen-bond donors (Lipinski definition) is 0. The second-order valence-electron chi connectivity index (χ2n) is 37.7. The zero-order chi connectivity index (χ0) is 76.7. The molecule has 14 fully saturated rings. The fraction of sp³-hybridized carbons (Fsp3) is 1.00. The van der Waals surface area contributed by atoms with E-state index in [0.717, 1.165) is 207 Å². The summed E-state index contributed by atoms with van der Waals surface area (Å²) in [7, 11) is -69.2. The Hall–Kier alpha value is 2.35. The molecule has 14 aliphatic rings. The Morgan fingerprint density at radius 2 is 0.269 bits per heavy atom. The van der Waals surface area contributed by atoms with E-state index in [1.807, 2.05) is 0 Å². The molecule has 0 aliphatic carbocycles. The van der Waals surface area contributed by atoms with Gasteiger partial charge in [0.15, 0.2) is 66.5 Å². The third-order valence-electron chi connectivity index (χ3n) is 21.9. The van der Waals surface area contributed by atoms with Gasteiger partial charge in [0, 0.05) is 0 Å². The predicted molar refractivity (Wildman–Crippen MR) is 435 cm³/mol. The van der Waals surface area contributed by atoms with Crippen LogP contribution in [0.3, 0.4) is 0 Å². The second kappa shape index (κ2) is 35.4. The van der Waals surface area contributed by atoms with Crippen LogP contribution in [0.15, 0.2) is 0 Å². The Morgan fingerprint density at radius 1 is 0.176 bits per heavy atom. The monoisotopic (exact) mass is 1800 g/mol. The zero-order valence-corrected chi connectivity index (χ0v) is 84.3. The highest BCUT2D eigenvalue weighted by molar-refractivity contribution is 7.04. The van der Waals surface area contributed by atoms with Crippen LogP contribution in [0.2, 0.25) is 153 Å². The van der Waals surface area contributed by atoms with Crippen molar-refractivity contribution in [2.75, 3.05) is 52.9 Å². The van der Waals surface area contributed by atoms with Gasteiger partial charge < -0.3 is 120 Å². The molecule has 8 atom stereocenters. The van der Waals surface area contributed by atoms with Crippen molar-refractivity contribution < 1.29 is 120 Å². The van der Waals surface area contributed by atoms with E-state index < -0.39 is 139 Å². The molecule has 0 aromatic heterocycles. The van der Waals surface area contributed by atoms with E-state index in [0.29, 0.717) is 48.4 Å². The van der Waals surface area contributed by atoms with Gasteiger partial charge in [-0.2, -0.15) is 0 Å². The van der Waals surface area contributed by atoms with E-state index in [1.165, 1.54) is 0 Å². The molecule has 28 nitrogen and oxygen atoms in total. The van der Waals surface area contributed by atoms with Gasteiger partial charge in [-0.15, -0.1) is 0 Å². The van der Waals surface area contributed by atoms with Gasteiger partial charge in [-0.1, -0.05) is 103 Å². The molecule has 0 saturated carbocycles. The molecule has 108 heavy (non-hydrogen) atoms. The maximum atomic E-state index is 8.37. The van der Waals surface area contributed by atoms with Crippen LogP contribution >= 0.6 is 0 Å². The molecular weight excluding hydrogens is 1670 g/mol. The second-order valence-corrected chi connectivity index (χ2v) is 94.2. The summed E-state index contributed by atoms with van der Waals surface area (Å²) >= 11 is 0. The molecule has 0 aromatic carbocycles. The lowest BCUT2D eigenvalue weighted by molar-refractivity contribution is -0.129. The Morgan fingerprint density at radius 3 is 0.352 bits per heavy atom. The number of rotatable bonds is 56. The molecule has 14 heterocycles. The van der Waals surface area contributed by atoms with Gasteiger partial charge in [0.1, 0.15) is 0 Å². The normalized spacial score (nSPS) is 36.9. The van der Waals surface area contributed by atoms with Crippen molar-refractivity contribution in [2.45, 2.75) is 356 Å². The summed E-state index contributed by atoms with van der Waals surface area (Å²) in [4.78, 5) is 0. The Bertz CT molecular complexity index is 2280. The zero-order valence-electron chi connectivity index (χ0n) is 68.3. The highest BCUT2D eigenvalue weighted by Gasteiger charge is 2.93. The Balaban J connectivity index is 1.05. The topological polar surface area (TPSA) is 285 Å². The van der Waals surface area contributed by atoms with Gasteiger partial charge in [0.2, 0.25) is 0 Å². The average molecular weight is 1800 g/mol. The summed E-state index contributed by atoms with van der Waals surface area (Å²) < 4.78 is 211. The standard InChI is InChI=1S/C64H136O28Si16/c1-93(2,41-25-17-33-57-49-65-57)73-101-81-102(74-94(3,4)42-26-18-34-58-50-66-58)84-105(77-97(9,10)45-29-21-37-61-53-69-61)86-103(82-101,75-95(5,6)43-27-19-35-59-51-67-59)88-107(79-99(13,14)47-31-23-39-63-55-71-63)89-104(83-101,76-96(7,8)44-28-20-36-60-52-68-60)87-106(85-102,78-98(11,12)46-30-22-38-62-54-70-62)91-108(90-105,92-107)80-100(15,16)48-32-24-40-64-56-72-64/h57-64H,17-56H2,1-16H3. The summed E-state index contributed by atoms with van der Waals surface area (Å²) in [5.41, 5.74) is 0. The van der Waals surface area contributed by atoms with Gasteiger partial charge in [0.25, 0.3) is 0 Å². The van der Waals surface area contributed by atoms with E-state index in [2.05, 4.69) is 105 Å². The predicted octanol–water partition coefficient (Wildman–Crippen LogP) is 14.1. The minimum absolute atomic E-state index is 0.253. The number of hydrogen-bond acceptors (Lipinski definition) is 28. The Kier molecular flexibility index (Phi) is 28.9. The van der Waals surface area contributed by atoms with Gasteiger partial charge in [-0.25, -0.2) is 0 Å². The minimum atomic E-state index is -5.43. The fourth-order valence-corrected chi connectivity index (χ4v) is 89.6. The maximum absolute atomic E-state index is 8.37. The molecule has 8 unspecified atom stereocenters. The van der Waals surface area contributed by atoms with Crippen LogP contribution < -0.4 is 0 Å². The number of epoxide rings is 8. The summed E-state index contributed by atoms with van der Waals surface area (Å²) in [6, 6.07) is 5.25. The van der Waals surface area contributed by atoms with E-state index in [1.54, 1.807) is 0 Å². The molecule has 0 aromatic rings. The lowest BCUT2D eigenvalue weighted by atomic mass is 10.2. The van der Waals surface area contributed by atoms with Crippen LogP contribution in [0, 0.1) is 0 Å². The SMILES string of the molecule is C[Si](C)(CCCCC1CO1)O[Si]12O[Si]3(O[Si](C)(C)CCCCC4CO4)O[Si]4(O[Si](C)(C)CCCCC5CO5)O[Si](O[Si](C)(C)CCCCC5CO5)(O1)O[Si]1(O[Si](C)(C)CCCCC5CO5)O[Si](O[Si](C)(C)CCCCC5CO5)(O2)O[Si](O[Si](C)(C)CCCCC2CO2)(O3)O[Si](O[Si](C)(C)CCCCC2CO2)(O4)O1. The summed E-state index contributed by atoms with van der Waals surface area (Å²) in [6.07, 6.45) is 23.3. The minimum Gasteiger partial charge on any atom is -0.395 e. The van der Waals surface area contributed by atoms with E-state index in [-0.39, 0.29) is 48.8 Å². The van der Waals surface area contributed by atoms with Crippen LogP contribution in [0.4, 0.5) is 0 Å². The van der Waals surface area contributed by atoms with Crippen LogP contribution in [0.5, 0.6) is 0 Å². The highest BCUT2D eigenvalue weighted by atomic mass is 28.7. The fourth-order valence-electron chi connectivity index (χ4n) is 15.2. The molecular formula is C64H136O28Si16. The Labute approximate surface area is 663 Å². The average Bonchev–Trinajstić information content (AvgIpc) is 1.68. The lowest BCUT2D eigenvalue weighted by Crippen LogP contribution is -2.93. The third kappa shape index (κ3) is 28.2. The number of unbranched alkanes of at least 4 members (excludes halogenated alkanes) is 8. The summed E-state index contributed by atoms with van der Waals surface area (Å²) in [5.74, 6) is 0. The smallest absolute Gasteiger partial charge is 0.395 e. The van der Waals surface area contributed by atoms with Crippen molar-refractivity contribution in [3.8, 4) is 0 Å².